The summed E-state index contributed by atoms with van der Waals surface area (Å²) >= 11 is 6.14. The molecule has 1 aliphatic heterocycles. The summed E-state index contributed by atoms with van der Waals surface area (Å²) in [6.45, 7) is 1.70. The lowest BCUT2D eigenvalue weighted by Crippen LogP contribution is -2.44. The molecule has 1 aromatic carbocycles. The summed E-state index contributed by atoms with van der Waals surface area (Å²) in [6.07, 6.45) is 6.74. The highest BCUT2D eigenvalue weighted by Crippen LogP contribution is 2.46. The van der Waals surface area contributed by atoms with E-state index < -0.39 is 0 Å². The van der Waals surface area contributed by atoms with E-state index in [1.807, 2.05) is 18.2 Å². The predicted octanol–water partition coefficient (Wildman–Crippen LogP) is 4.56. The van der Waals surface area contributed by atoms with Crippen molar-refractivity contribution in [1.82, 2.24) is 10.2 Å². The van der Waals surface area contributed by atoms with Crippen LogP contribution in [0.3, 0.4) is 0 Å². The van der Waals surface area contributed by atoms with E-state index in [0.717, 1.165) is 35.5 Å². The largest absolute Gasteiger partial charge is 0.488 e. The van der Waals surface area contributed by atoms with E-state index in [4.69, 9.17) is 25.8 Å². The van der Waals surface area contributed by atoms with E-state index in [0.29, 0.717) is 29.1 Å². The fraction of sp³-hybridized carbons (Fsp3) is 0.545. The van der Waals surface area contributed by atoms with Gasteiger partial charge in [0.2, 0.25) is 0 Å². The summed E-state index contributed by atoms with van der Waals surface area (Å²) in [5, 5.41) is 9.72. The highest BCUT2D eigenvalue weighted by molar-refractivity contribution is 6.30. The van der Waals surface area contributed by atoms with Crippen LogP contribution in [0.25, 0.3) is 11.3 Å². The highest BCUT2D eigenvalue weighted by atomic mass is 35.5. The van der Waals surface area contributed by atoms with Crippen molar-refractivity contribution < 1.29 is 14.2 Å². The Kier molecular flexibility index (Phi) is 5.22. The minimum absolute atomic E-state index is 0.139. The van der Waals surface area contributed by atoms with Crippen molar-refractivity contribution in [1.29, 1.82) is 0 Å². The molecular formula is C22H26ClN3O3. The lowest BCUT2D eigenvalue weighted by atomic mass is 9.84. The molecule has 2 heterocycles. The van der Waals surface area contributed by atoms with Gasteiger partial charge in [-0.15, -0.1) is 10.2 Å². The number of rotatable bonds is 5. The first-order valence-corrected chi connectivity index (χ1v) is 10.8. The van der Waals surface area contributed by atoms with Crippen LogP contribution in [0.5, 0.6) is 11.5 Å². The maximum atomic E-state index is 6.14. The Bertz CT molecular complexity index is 882. The van der Waals surface area contributed by atoms with Gasteiger partial charge in [-0.25, -0.2) is 0 Å². The molecule has 0 amide bonds. The average Bonchev–Trinajstić information content (AvgIpc) is 3.09. The number of benzene rings is 1. The van der Waals surface area contributed by atoms with Crippen LogP contribution in [0.15, 0.2) is 24.3 Å². The predicted molar refractivity (Wildman–Crippen MR) is 112 cm³/mol. The van der Waals surface area contributed by atoms with Crippen LogP contribution < -0.4 is 14.4 Å². The van der Waals surface area contributed by atoms with Gasteiger partial charge in [0.15, 0.2) is 18.4 Å². The Hall–Kier alpha value is -2.05. The van der Waals surface area contributed by atoms with Gasteiger partial charge >= 0.3 is 0 Å². The van der Waals surface area contributed by atoms with Gasteiger partial charge in [0.1, 0.15) is 18.1 Å². The highest BCUT2D eigenvalue weighted by Gasteiger charge is 2.38. The van der Waals surface area contributed by atoms with Crippen molar-refractivity contribution >= 4 is 17.4 Å². The molecule has 3 aliphatic rings. The number of hydrogen-bond acceptors (Lipinski definition) is 6. The molecule has 2 saturated carbocycles. The Morgan fingerprint density at radius 3 is 2.76 bits per heavy atom. The second kappa shape index (κ2) is 8.00. The smallest absolute Gasteiger partial charge is 0.194 e. The standard InChI is InChI=1S/C22H26ClN3O3/c1-27-13-29-20-11-16(23)4-5-18(20)19-12-21-22(25-24-19)26(6-7-28-21)17-9-14-2-3-15(8-14)10-17/h4-5,11-12,14-15,17H,2-3,6-10,13H2,1H3/t14-,15?,17+/m1/s1. The molecule has 2 aliphatic carbocycles. The molecule has 3 atom stereocenters. The summed E-state index contributed by atoms with van der Waals surface area (Å²) in [6, 6.07) is 8.00. The number of anilines is 1. The molecule has 7 heteroatoms. The van der Waals surface area contributed by atoms with Crippen molar-refractivity contribution in [2.24, 2.45) is 11.8 Å². The Labute approximate surface area is 176 Å². The second-order valence-corrected chi connectivity index (χ2v) is 8.76. The molecule has 0 saturated heterocycles. The monoisotopic (exact) mass is 415 g/mol. The molecule has 0 N–H and O–H groups in total. The van der Waals surface area contributed by atoms with Gasteiger partial charge in [0, 0.05) is 29.8 Å². The van der Waals surface area contributed by atoms with E-state index in [1.54, 1.807) is 13.2 Å². The molecular weight excluding hydrogens is 390 g/mol. The van der Waals surface area contributed by atoms with Gasteiger partial charge in [0.25, 0.3) is 0 Å². The maximum Gasteiger partial charge on any atom is 0.194 e. The molecule has 1 unspecified atom stereocenters. The molecule has 0 radical (unpaired) electrons. The quantitative estimate of drug-likeness (QED) is 0.667. The molecule has 2 bridgehead atoms. The van der Waals surface area contributed by atoms with E-state index in [1.165, 1.54) is 32.1 Å². The van der Waals surface area contributed by atoms with Crippen LogP contribution >= 0.6 is 11.6 Å². The van der Waals surface area contributed by atoms with Crippen LogP contribution in [-0.4, -0.2) is 43.3 Å². The minimum Gasteiger partial charge on any atom is -0.488 e. The summed E-state index contributed by atoms with van der Waals surface area (Å²) in [4.78, 5) is 2.43. The first-order chi connectivity index (χ1) is 14.2. The van der Waals surface area contributed by atoms with Crippen molar-refractivity contribution in [3.05, 3.63) is 29.3 Å². The summed E-state index contributed by atoms with van der Waals surface area (Å²) in [5.41, 5.74) is 1.52. The molecule has 2 aromatic rings. The number of ether oxygens (including phenoxy) is 3. The number of aromatic nitrogens is 2. The third-order valence-electron chi connectivity index (χ3n) is 6.46. The van der Waals surface area contributed by atoms with E-state index >= 15 is 0 Å². The van der Waals surface area contributed by atoms with E-state index in [-0.39, 0.29) is 6.79 Å². The molecule has 154 valence electrons. The molecule has 1 aromatic heterocycles. The first-order valence-electron chi connectivity index (χ1n) is 10.4. The van der Waals surface area contributed by atoms with Gasteiger partial charge in [-0.3, -0.25) is 0 Å². The topological polar surface area (TPSA) is 56.7 Å². The van der Waals surface area contributed by atoms with Gasteiger partial charge in [-0.2, -0.15) is 0 Å². The fourth-order valence-corrected chi connectivity index (χ4v) is 5.36. The Morgan fingerprint density at radius 2 is 1.97 bits per heavy atom. The summed E-state index contributed by atoms with van der Waals surface area (Å²) in [5.74, 6) is 4.05. The van der Waals surface area contributed by atoms with Gasteiger partial charge in [-0.05, 0) is 49.3 Å². The molecule has 0 spiro atoms. The van der Waals surface area contributed by atoms with Crippen LogP contribution in [0.2, 0.25) is 5.02 Å². The SMILES string of the molecule is COCOc1cc(Cl)ccc1-c1cc2c(nn1)N([C@@H]1CC3CC[C@H](C3)C1)CCO2. The lowest BCUT2D eigenvalue weighted by molar-refractivity contribution is 0.0515. The Balaban J connectivity index is 1.44. The number of nitrogens with zero attached hydrogens (tertiary/aromatic N) is 3. The van der Waals surface area contributed by atoms with Crippen molar-refractivity contribution in [2.45, 2.75) is 38.1 Å². The summed E-state index contributed by atoms with van der Waals surface area (Å²) < 4.78 is 16.7. The zero-order valence-electron chi connectivity index (χ0n) is 16.6. The number of hydrogen-bond donors (Lipinski definition) is 0. The van der Waals surface area contributed by atoms with Gasteiger partial charge in [-0.1, -0.05) is 24.4 Å². The lowest BCUT2D eigenvalue weighted by Gasteiger charge is -2.40. The normalized spacial score (nSPS) is 25.4. The van der Waals surface area contributed by atoms with Crippen molar-refractivity contribution in [3.8, 4) is 22.8 Å². The second-order valence-electron chi connectivity index (χ2n) is 8.32. The molecule has 29 heavy (non-hydrogen) atoms. The van der Waals surface area contributed by atoms with Crippen LogP contribution in [0.1, 0.15) is 32.1 Å². The van der Waals surface area contributed by atoms with Crippen molar-refractivity contribution in [3.63, 3.8) is 0 Å². The minimum atomic E-state index is 0.139. The number of halogens is 1. The maximum absolute atomic E-state index is 6.14. The zero-order chi connectivity index (χ0) is 19.8. The van der Waals surface area contributed by atoms with E-state index in [2.05, 4.69) is 15.1 Å². The third kappa shape index (κ3) is 3.76. The van der Waals surface area contributed by atoms with Crippen LogP contribution in [0.4, 0.5) is 5.82 Å². The number of fused-ring (bicyclic) bond motifs is 3. The first kappa shape index (κ1) is 18.9. The van der Waals surface area contributed by atoms with Crippen LogP contribution in [-0.2, 0) is 4.74 Å². The average molecular weight is 416 g/mol. The van der Waals surface area contributed by atoms with Crippen molar-refractivity contribution in [2.75, 3.05) is 32.0 Å². The van der Waals surface area contributed by atoms with Gasteiger partial charge in [0.05, 0.1) is 6.54 Å². The molecule has 5 rings (SSSR count). The van der Waals surface area contributed by atoms with E-state index in [9.17, 15) is 0 Å². The molecule has 2 fully saturated rings. The third-order valence-corrected chi connectivity index (χ3v) is 6.69. The Morgan fingerprint density at radius 1 is 1.14 bits per heavy atom. The zero-order valence-corrected chi connectivity index (χ0v) is 17.4. The van der Waals surface area contributed by atoms with Gasteiger partial charge < -0.3 is 19.1 Å². The van der Waals surface area contributed by atoms with Crippen LogP contribution in [0, 0.1) is 11.8 Å². The summed E-state index contributed by atoms with van der Waals surface area (Å²) in [7, 11) is 1.59. The number of methoxy groups -OCH3 is 1. The molecule has 6 nitrogen and oxygen atoms in total. The fourth-order valence-electron chi connectivity index (χ4n) is 5.20.